The molecule has 0 spiro atoms. The molecule has 0 heterocycles. The van der Waals surface area contributed by atoms with Crippen LogP contribution in [0.1, 0.15) is 33.2 Å². The third-order valence-corrected chi connectivity index (χ3v) is 2.29. The van der Waals surface area contributed by atoms with Crippen LogP contribution in [0.4, 0.5) is 0 Å². The lowest BCUT2D eigenvalue weighted by Gasteiger charge is -2.01. The molecule has 0 aromatic heterocycles. The Hall–Kier alpha value is -1.89. The lowest BCUT2D eigenvalue weighted by molar-refractivity contribution is -0.134. The van der Waals surface area contributed by atoms with E-state index in [2.05, 4.69) is 15.9 Å². The fourth-order valence-corrected chi connectivity index (χ4v) is 1.34. The molecule has 1 aromatic carbocycles. The molecule has 0 amide bonds. The Balaban J connectivity index is 0.000000631. The lowest BCUT2D eigenvalue weighted by Crippen LogP contribution is -2.03. The maximum absolute atomic E-state index is 10.6. The number of rotatable bonds is 3. The summed E-state index contributed by atoms with van der Waals surface area (Å²) in [6, 6.07) is 4.00. The van der Waals surface area contributed by atoms with Crippen LogP contribution in [0, 0.1) is 0 Å². The van der Waals surface area contributed by atoms with Crippen LogP contribution in [0.3, 0.4) is 0 Å². The summed E-state index contributed by atoms with van der Waals surface area (Å²) in [6.45, 7) is 1.08. The first-order chi connectivity index (χ1) is 8.27. The number of carbonyl (C=O) groups is 3. The second-order valence-electron chi connectivity index (χ2n) is 3.18. The summed E-state index contributed by atoms with van der Waals surface area (Å²) in [7, 11) is 0. The van der Waals surface area contributed by atoms with Crippen molar-refractivity contribution in [1.29, 1.82) is 0 Å². The standard InChI is InChI=1S/C9H7BrO4.C2H4O2/c10-4-5-1-6(8(11)12)3-7(2-5)9(13)14;1-2(3)4/h1-3H,4H2,(H,11,12)(H,13,14);1H3,(H,3,4). The summed E-state index contributed by atoms with van der Waals surface area (Å²) in [5.74, 6) is -3.09. The molecule has 0 radical (unpaired) electrons. The molecule has 0 fully saturated rings. The number of carboxylic acid groups (broad SMARTS) is 3. The van der Waals surface area contributed by atoms with Gasteiger partial charge in [0.25, 0.3) is 5.97 Å². The number of hydrogen-bond donors (Lipinski definition) is 3. The van der Waals surface area contributed by atoms with Crippen molar-refractivity contribution in [3.63, 3.8) is 0 Å². The van der Waals surface area contributed by atoms with Crippen molar-refractivity contribution >= 4 is 33.8 Å². The van der Waals surface area contributed by atoms with Crippen LogP contribution in [0.15, 0.2) is 18.2 Å². The average Bonchev–Trinajstić information content (AvgIpc) is 2.27. The van der Waals surface area contributed by atoms with E-state index in [0.29, 0.717) is 10.9 Å². The van der Waals surface area contributed by atoms with Crippen LogP contribution in [0.2, 0.25) is 0 Å². The van der Waals surface area contributed by atoms with E-state index in [4.69, 9.17) is 20.1 Å². The van der Waals surface area contributed by atoms with Crippen molar-refractivity contribution < 1.29 is 29.7 Å². The van der Waals surface area contributed by atoms with Gasteiger partial charge in [-0.15, -0.1) is 0 Å². The van der Waals surface area contributed by atoms with Crippen LogP contribution in [0.25, 0.3) is 0 Å². The van der Waals surface area contributed by atoms with Gasteiger partial charge in [-0.3, -0.25) is 4.79 Å². The van der Waals surface area contributed by atoms with E-state index in [1.54, 1.807) is 0 Å². The second-order valence-corrected chi connectivity index (χ2v) is 3.74. The number of benzene rings is 1. The Labute approximate surface area is 111 Å². The van der Waals surface area contributed by atoms with Crippen molar-refractivity contribution in [2.24, 2.45) is 0 Å². The molecule has 1 aromatic rings. The number of carboxylic acids is 3. The zero-order chi connectivity index (χ0) is 14.3. The van der Waals surface area contributed by atoms with Crippen LogP contribution in [-0.2, 0) is 10.1 Å². The van der Waals surface area contributed by atoms with Gasteiger partial charge in [-0.2, -0.15) is 0 Å². The largest absolute Gasteiger partial charge is 0.481 e. The fraction of sp³-hybridized carbons (Fsp3) is 0.182. The molecule has 7 heteroatoms. The van der Waals surface area contributed by atoms with Crippen molar-refractivity contribution in [2.75, 3.05) is 0 Å². The Bertz CT molecular complexity index is 432. The van der Waals surface area contributed by atoms with Gasteiger partial charge in [0.2, 0.25) is 0 Å². The highest BCUT2D eigenvalue weighted by molar-refractivity contribution is 9.08. The first kappa shape index (κ1) is 16.1. The Morgan fingerprint density at radius 1 is 1.00 bits per heavy atom. The summed E-state index contributed by atoms with van der Waals surface area (Å²) in [6.07, 6.45) is 0. The number of alkyl halides is 1. The van der Waals surface area contributed by atoms with Crippen LogP contribution in [-0.4, -0.2) is 33.2 Å². The summed E-state index contributed by atoms with van der Waals surface area (Å²) in [4.78, 5) is 30.3. The van der Waals surface area contributed by atoms with Gasteiger partial charge in [-0.25, -0.2) is 9.59 Å². The molecule has 0 aliphatic rings. The van der Waals surface area contributed by atoms with Crippen LogP contribution in [0.5, 0.6) is 0 Å². The number of halogens is 1. The van der Waals surface area contributed by atoms with E-state index in [9.17, 15) is 9.59 Å². The molecule has 3 N–H and O–H groups in total. The predicted octanol–water partition coefficient (Wildman–Crippen LogP) is 2.07. The molecule has 0 saturated heterocycles. The summed E-state index contributed by atoms with van der Waals surface area (Å²) < 4.78 is 0. The highest BCUT2D eigenvalue weighted by atomic mass is 79.9. The smallest absolute Gasteiger partial charge is 0.335 e. The lowest BCUT2D eigenvalue weighted by atomic mass is 10.1. The minimum absolute atomic E-state index is 0.0145. The molecule has 0 saturated carbocycles. The van der Waals surface area contributed by atoms with E-state index in [1.165, 1.54) is 12.1 Å². The molecule has 0 aliphatic heterocycles. The summed E-state index contributed by atoms with van der Waals surface area (Å²) in [5, 5.41) is 25.2. The van der Waals surface area contributed by atoms with Crippen molar-refractivity contribution in [3.05, 3.63) is 34.9 Å². The zero-order valence-electron chi connectivity index (χ0n) is 9.38. The number of aliphatic carboxylic acids is 1. The molecule has 1 rings (SSSR count). The number of aromatic carboxylic acids is 2. The van der Waals surface area contributed by atoms with Crippen LogP contribution >= 0.6 is 15.9 Å². The maximum atomic E-state index is 10.6. The van der Waals surface area contributed by atoms with Gasteiger partial charge in [-0.1, -0.05) is 15.9 Å². The minimum Gasteiger partial charge on any atom is -0.481 e. The van der Waals surface area contributed by atoms with Crippen molar-refractivity contribution in [1.82, 2.24) is 0 Å². The molecular formula is C11H11BrO6. The first-order valence-corrected chi connectivity index (χ1v) is 5.76. The molecule has 18 heavy (non-hydrogen) atoms. The molecule has 98 valence electrons. The van der Waals surface area contributed by atoms with E-state index >= 15 is 0 Å². The van der Waals surface area contributed by atoms with Crippen LogP contribution < -0.4 is 0 Å². The molecule has 0 aliphatic carbocycles. The molecule has 0 unspecified atom stereocenters. The Morgan fingerprint density at radius 3 is 1.56 bits per heavy atom. The van der Waals surface area contributed by atoms with Gasteiger partial charge in [0, 0.05) is 12.3 Å². The van der Waals surface area contributed by atoms with Gasteiger partial charge >= 0.3 is 11.9 Å². The highest BCUT2D eigenvalue weighted by Gasteiger charge is 2.10. The highest BCUT2D eigenvalue weighted by Crippen LogP contribution is 2.13. The molecule has 0 bridgehead atoms. The normalized spacial score (nSPS) is 9.00. The van der Waals surface area contributed by atoms with E-state index in [1.807, 2.05) is 0 Å². The zero-order valence-corrected chi connectivity index (χ0v) is 11.0. The maximum Gasteiger partial charge on any atom is 0.335 e. The van der Waals surface area contributed by atoms with Crippen molar-refractivity contribution in [2.45, 2.75) is 12.3 Å². The SMILES string of the molecule is CC(=O)O.O=C(O)c1cc(CBr)cc(C(=O)O)c1. The fourth-order valence-electron chi connectivity index (χ4n) is 1.02. The van der Waals surface area contributed by atoms with E-state index in [0.717, 1.165) is 13.0 Å². The Morgan fingerprint density at radius 2 is 1.33 bits per heavy atom. The monoisotopic (exact) mass is 318 g/mol. The van der Waals surface area contributed by atoms with Gasteiger partial charge in [0.1, 0.15) is 0 Å². The minimum atomic E-state index is -1.13. The average molecular weight is 319 g/mol. The van der Waals surface area contributed by atoms with E-state index < -0.39 is 17.9 Å². The third-order valence-electron chi connectivity index (χ3n) is 1.64. The summed E-state index contributed by atoms with van der Waals surface area (Å²) >= 11 is 3.14. The predicted molar refractivity (Wildman–Crippen MR) is 66.3 cm³/mol. The number of hydrogen-bond acceptors (Lipinski definition) is 3. The topological polar surface area (TPSA) is 112 Å². The molecule has 0 atom stereocenters. The van der Waals surface area contributed by atoms with E-state index in [-0.39, 0.29) is 11.1 Å². The quantitative estimate of drug-likeness (QED) is 0.735. The second kappa shape index (κ2) is 7.44. The Kier molecular flexibility index (Phi) is 6.66. The third kappa shape index (κ3) is 6.00. The molecular weight excluding hydrogens is 308 g/mol. The van der Waals surface area contributed by atoms with Crippen molar-refractivity contribution in [3.8, 4) is 0 Å². The van der Waals surface area contributed by atoms with Gasteiger partial charge < -0.3 is 15.3 Å². The van der Waals surface area contributed by atoms with Gasteiger partial charge in [-0.05, 0) is 23.8 Å². The summed E-state index contributed by atoms with van der Waals surface area (Å²) in [5.41, 5.74) is 0.598. The molecule has 6 nitrogen and oxygen atoms in total. The van der Waals surface area contributed by atoms with Gasteiger partial charge in [0.15, 0.2) is 0 Å². The first-order valence-electron chi connectivity index (χ1n) is 4.64. The van der Waals surface area contributed by atoms with Gasteiger partial charge in [0.05, 0.1) is 11.1 Å².